The first-order chi connectivity index (χ1) is 17.3. The molecule has 0 aliphatic rings. The SMILES string of the molecule is COc1cc(/C=N\NC(=O)CCCC(=O)Nc2ccc(Cl)c(Cl)c2)ccc1OCc1ccc(F)cc1. The summed E-state index contributed by atoms with van der Waals surface area (Å²) in [6.45, 7) is 0.256. The lowest BCUT2D eigenvalue weighted by Crippen LogP contribution is -2.18. The molecule has 0 atom stereocenters. The molecule has 10 heteroatoms. The van der Waals surface area contributed by atoms with Gasteiger partial charge >= 0.3 is 0 Å². The number of carbonyl (C=O) groups is 2. The Morgan fingerprint density at radius 3 is 2.42 bits per heavy atom. The van der Waals surface area contributed by atoms with Crippen LogP contribution in [-0.2, 0) is 16.2 Å². The monoisotopic (exact) mass is 531 g/mol. The zero-order valence-corrected chi connectivity index (χ0v) is 20.9. The Kier molecular flexibility index (Phi) is 10.1. The Balaban J connectivity index is 1.41. The number of anilines is 1. The molecule has 0 radical (unpaired) electrons. The maximum atomic E-state index is 13.0. The fourth-order valence-corrected chi connectivity index (χ4v) is 3.37. The van der Waals surface area contributed by atoms with Crippen LogP contribution in [0.4, 0.5) is 10.1 Å². The lowest BCUT2D eigenvalue weighted by Gasteiger charge is -2.11. The second-order valence-electron chi connectivity index (χ2n) is 7.65. The van der Waals surface area contributed by atoms with Crippen LogP contribution in [0.25, 0.3) is 0 Å². The number of hydrogen-bond acceptors (Lipinski definition) is 5. The topological polar surface area (TPSA) is 89.0 Å². The normalized spacial score (nSPS) is 10.8. The van der Waals surface area contributed by atoms with Crippen molar-refractivity contribution in [3.8, 4) is 11.5 Å². The molecule has 0 spiro atoms. The van der Waals surface area contributed by atoms with Crippen molar-refractivity contribution < 1.29 is 23.5 Å². The van der Waals surface area contributed by atoms with Gasteiger partial charge in [0.05, 0.1) is 23.4 Å². The van der Waals surface area contributed by atoms with Gasteiger partial charge in [-0.25, -0.2) is 9.82 Å². The number of carbonyl (C=O) groups excluding carboxylic acids is 2. The number of amides is 2. The molecule has 0 aromatic heterocycles. The molecule has 0 fully saturated rings. The van der Waals surface area contributed by atoms with Crippen molar-refractivity contribution >= 4 is 46.9 Å². The smallest absolute Gasteiger partial charge is 0.240 e. The van der Waals surface area contributed by atoms with E-state index < -0.39 is 0 Å². The highest BCUT2D eigenvalue weighted by Crippen LogP contribution is 2.28. The van der Waals surface area contributed by atoms with E-state index in [1.807, 2.05) is 0 Å². The van der Waals surface area contributed by atoms with Crippen LogP contribution in [0.3, 0.4) is 0 Å². The standard InChI is InChI=1S/C26H24Cl2FN3O4/c1-35-24-13-18(7-12-23(24)36-16-17-5-8-19(29)9-6-17)15-30-32-26(34)4-2-3-25(33)31-20-10-11-21(27)22(28)14-20/h5-15H,2-4,16H2,1H3,(H,31,33)(H,32,34)/b30-15-. The van der Waals surface area contributed by atoms with Gasteiger partial charge in [0.15, 0.2) is 11.5 Å². The minimum Gasteiger partial charge on any atom is -0.493 e. The molecule has 0 bridgehead atoms. The highest BCUT2D eigenvalue weighted by Gasteiger charge is 2.08. The molecule has 2 N–H and O–H groups in total. The fraction of sp³-hybridized carbons (Fsp3) is 0.192. The van der Waals surface area contributed by atoms with Crippen LogP contribution in [0.2, 0.25) is 10.0 Å². The minimum absolute atomic E-state index is 0.131. The van der Waals surface area contributed by atoms with E-state index in [9.17, 15) is 14.0 Å². The van der Waals surface area contributed by atoms with Crippen LogP contribution in [0.1, 0.15) is 30.4 Å². The predicted octanol–water partition coefficient (Wildman–Crippen LogP) is 5.98. The van der Waals surface area contributed by atoms with Gasteiger partial charge in [-0.2, -0.15) is 5.10 Å². The van der Waals surface area contributed by atoms with Crippen LogP contribution >= 0.6 is 23.2 Å². The summed E-state index contributed by atoms with van der Waals surface area (Å²) < 4.78 is 24.2. The summed E-state index contributed by atoms with van der Waals surface area (Å²) in [5.41, 5.74) is 4.47. The maximum absolute atomic E-state index is 13.0. The van der Waals surface area contributed by atoms with Crippen molar-refractivity contribution in [3.63, 3.8) is 0 Å². The Hall–Kier alpha value is -3.62. The van der Waals surface area contributed by atoms with Gasteiger partial charge < -0.3 is 14.8 Å². The number of nitrogens with zero attached hydrogens (tertiary/aromatic N) is 1. The number of nitrogens with one attached hydrogen (secondary N) is 2. The van der Waals surface area contributed by atoms with Gasteiger partial charge in [0.25, 0.3) is 0 Å². The average molecular weight is 532 g/mol. The van der Waals surface area contributed by atoms with Crippen LogP contribution in [0.15, 0.2) is 65.8 Å². The number of ether oxygens (including phenoxy) is 2. The van der Waals surface area contributed by atoms with E-state index in [1.165, 1.54) is 25.5 Å². The minimum atomic E-state index is -0.320. The molecular weight excluding hydrogens is 508 g/mol. The Morgan fingerprint density at radius 1 is 0.944 bits per heavy atom. The summed E-state index contributed by atoms with van der Waals surface area (Å²) in [4.78, 5) is 24.0. The highest BCUT2D eigenvalue weighted by molar-refractivity contribution is 6.42. The quantitative estimate of drug-likeness (QED) is 0.235. The van der Waals surface area contributed by atoms with Crippen molar-refractivity contribution in [3.05, 3.63) is 87.7 Å². The summed E-state index contributed by atoms with van der Waals surface area (Å²) in [7, 11) is 1.51. The van der Waals surface area contributed by atoms with E-state index in [0.717, 1.165) is 5.56 Å². The van der Waals surface area contributed by atoms with Crippen molar-refractivity contribution in [2.75, 3.05) is 12.4 Å². The third-order valence-electron chi connectivity index (χ3n) is 4.91. The first kappa shape index (κ1) is 27.0. The first-order valence-electron chi connectivity index (χ1n) is 11.0. The van der Waals surface area contributed by atoms with Crippen LogP contribution in [0, 0.1) is 5.82 Å². The third-order valence-corrected chi connectivity index (χ3v) is 5.65. The molecule has 0 saturated heterocycles. The zero-order chi connectivity index (χ0) is 25.9. The van der Waals surface area contributed by atoms with E-state index in [2.05, 4.69) is 15.8 Å². The van der Waals surface area contributed by atoms with Gasteiger partial charge in [-0.15, -0.1) is 0 Å². The maximum Gasteiger partial charge on any atom is 0.240 e. The van der Waals surface area contributed by atoms with E-state index in [-0.39, 0.29) is 37.1 Å². The van der Waals surface area contributed by atoms with Gasteiger partial charge in [-0.3, -0.25) is 9.59 Å². The molecule has 0 aliphatic heterocycles. The average Bonchev–Trinajstić information content (AvgIpc) is 2.86. The Bertz CT molecular complexity index is 1240. The van der Waals surface area contributed by atoms with Gasteiger partial charge in [-0.1, -0.05) is 35.3 Å². The summed E-state index contributed by atoms with van der Waals surface area (Å²) in [6, 6.07) is 16.0. The summed E-state index contributed by atoms with van der Waals surface area (Å²) in [5.74, 6) is 0.137. The van der Waals surface area contributed by atoms with Gasteiger partial charge in [-0.05, 0) is 66.1 Å². The Morgan fingerprint density at radius 2 is 1.69 bits per heavy atom. The zero-order valence-electron chi connectivity index (χ0n) is 19.4. The molecule has 3 rings (SSSR count). The lowest BCUT2D eigenvalue weighted by molar-refractivity contribution is -0.121. The number of halogens is 3. The van der Waals surface area contributed by atoms with E-state index in [0.29, 0.717) is 39.2 Å². The van der Waals surface area contributed by atoms with E-state index >= 15 is 0 Å². The summed E-state index contributed by atoms with van der Waals surface area (Å²) >= 11 is 11.8. The molecule has 0 aliphatic carbocycles. The molecule has 7 nitrogen and oxygen atoms in total. The van der Waals surface area contributed by atoms with Gasteiger partial charge in [0, 0.05) is 18.5 Å². The fourth-order valence-electron chi connectivity index (χ4n) is 3.07. The molecule has 3 aromatic rings. The number of rotatable bonds is 11. The largest absolute Gasteiger partial charge is 0.493 e. The summed E-state index contributed by atoms with van der Waals surface area (Å²) in [5, 5.41) is 7.39. The number of benzene rings is 3. The molecule has 0 saturated carbocycles. The van der Waals surface area contributed by atoms with Crippen molar-refractivity contribution in [2.45, 2.75) is 25.9 Å². The molecular formula is C26H24Cl2FN3O4. The van der Waals surface area contributed by atoms with E-state index in [4.69, 9.17) is 32.7 Å². The highest BCUT2D eigenvalue weighted by atomic mass is 35.5. The van der Waals surface area contributed by atoms with Gasteiger partial charge in [0.2, 0.25) is 11.8 Å². The molecule has 188 valence electrons. The number of hydrazone groups is 1. The lowest BCUT2D eigenvalue weighted by atomic mass is 10.2. The molecule has 0 heterocycles. The predicted molar refractivity (Wildman–Crippen MR) is 138 cm³/mol. The second-order valence-corrected chi connectivity index (χ2v) is 8.46. The van der Waals surface area contributed by atoms with Crippen LogP contribution < -0.4 is 20.2 Å². The van der Waals surface area contributed by atoms with Crippen molar-refractivity contribution in [1.82, 2.24) is 5.43 Å². The first-order valence-corrected chi connectivity index (χ1v) is 11.7. The molecule has 3 aromatic carbocycles. The van der Waals surface area contributed by atoms with E-state index in [1.54, 1.807) is 48.5 Å². The summed E-state index contributed by atoms with van der Waals surface area (Å²) in [6.07, 6.45) is 2.11. The third kappa shape index (κ3) is 8.55. The molecule has 2 amide bonds. The Labute approximate surface area is 218 Å². The molecule has 36 heavy (non-hydrogen) atoms. The van der Waals surface area contributed by atoms with Crippen LogP contribution in [-0.4, -0.2) is 25.1 Å². The van der Waals surface area contributed by atoms with Crippen LogP contribution in [0.5, 0.6) is 11.5 Å². The molecule has 0 unspecified atom stereocenters. The number of methoxy groups -OCH3 is 1. The van der Waals surface area contributed by atoms with Gasteiger partial charge in [0.1, 0.15) is 12.4 Å². The van der Waals surface area contributed by atoms with Crippen molar-refractivity contribution in [2.24, 2.45) is 5.10 Å². The second kappa shape index (κ2) is 13.5. The number of hydrogen-bond donors (Lipinski definition) is 2. The van der Waals surface area contributed by atoms with Crippen molar-refractivity contribution in [1.29, 1.82) is 0 Å².